The predicted molar refractivity (Wildman–Crippen MR) is 55.4 cm³/mol. The molecule has 15 heavy (non-hydrogen) atoms. The lowest BCUT2D eigenvalue weighted by Crippen LogP contribution is -2.19. The van der Waals surface area contributed by atoms with E-state index in [0.29, 0.717) is 18.5 Å². The molecule has 5 heteroatoms. The van der Waals surface area contributed by atoms with Crippen LogP contribution in [0.15, 0.2) is 12.1 Å². The molecule has 1 aromatic rings. The van der Waals surface area contributed by atoms with Crippen molar-refractivity contribution < 1.29 is 14.7 Å². The second-order valence-electron chi connectivity index (χ2n) is 3.35. The molecule has 0 aliphatic carbocycles. The van der Waals surface area contributed by atoms with Gasteiger partial charge in [-0.15, -0.1) is 0 Å². The summed E-state index contributed by atoms with van der Waals surface area (Å²) in [6.07, 6.45) is 0.897. The Morgan fingerprint density at radius 1 is 1.40 bits per heavy atom. The highest BCUT2D eigenvalue weighted by Crippen LogP contribution is 2.31. The van der Waals surface area contributed by atoms with Crippen molar-refractivity contribution in [3.05, 3.63) is 28.3 Å². The lowest BCUT2D eigenvalue weighted by molar-refractivity contribution is -0.116. The van der Waals surface area contributed by atoms with Crippen LogP contribution >= 0.6 is 11.6 Å². The SMILES string of the molecule is O=C1CCc2cc(C(=O)O)cc(Cl)c2N1. The fraction of sp³-hybridized carbons (Fsp3) is 0.200. The zero-order valence-electron chi connectivity index (χ0n) is 7.71. The number of aromatic carboxylic acids is 1. The summed E-state index contributed by atoms with van der Waals surface area (Å²) in [4.78, 5) is 21.9. The number of hydrogen-bond donors (Lipinski definition) is 2. The molecule has 1 aliphatic rings. The number of nitrogens with one attached hydrogen (secondary N) is 1. The monoisotopic (exact) mass is 225 g/mol. The summed E-state index contributed by atoms with van der Waals surface area (Å²) in [6.45, 7) is 0. The number of hydrogen-bond acceptors (Lipinski definition) is 2. The van der Waals surface area contributed by atoms with Crippen LogP contribution in [0.3, 0.4) is 0 Å². The van der Waals surface area contributed by atoms with Gasteiger partial charge in [-0.2, -0.15) is 0 Å². The van der Waals surface area contributed by atoms with Crippen molar-refractivity contribution in [3.63, 3.8) is 0 Å². The van der Waals surface area contributed by atoms with Crippen LogP contribution in [-0.4, -0.2) is 17.0 Å². The lowest BCUT2D eigenvalue weighted by atomic mass is 10.0. The van der Waals surface area contributed by atoms with E-state index in [4.69, 9.17) is 16.7 Å². The second kappa shape index (κ2) is 3.55. The molecule has 0 unspecified atom stereocenters. The normalized spacial score (nSPS) is 14.3. The Bertz CT molecular complexity index is 456. The number of aryl methyl sites for hydroxylation is 1. The van der Waals surface area contributed by atoms with Crippen molar-refractivity contribution in [3.8, 4) is 0 Å². The fourth-order valence-corrected chi connectivity index (χ4v) is 1.86. The average Bonchev–Trinajstić information content (AvgIpc) is 2.18. The van der Waals surface area contributed by atoms with Gasteiger partial charge in [-0.05, 0) is 24.1 Å². The van der Waals surface area contributed by atoms with Gasteiger partial charge in [-0.1, -0.05) is 11.6 Å². The topological polar surface area (TPSA) is 66.4 Å². The maximum absolute atomic E-state index is 11.1. The molecule has 0 radical (unpaired) electrons. The third-order valence-electron chi connectivity index (χ3n) is 2.30. The van der Waals surface area contributed by atoms with Crippen LogP contribution in [0.25, 0.3) is 0 Å². The quantitative estimate of drug-likeness (QED) is 0.767. The van der Waals surface area contributed by atoms with E-state index in [9.17, 15) is 9.59 Å². The minimum Gasteiger partial charge on any atom is -0.478 e. The lowest BCUT2D eigenvalue weighted by Gasteiger charge is -2.18. The third-order valence-corrected chi connectivity index (χ3v) is 2.60. The predicted octanol–water partition coefficient (Wildman–Crippen LogP) is 1.92. The molecule has 0 atom stereocenters. The first kappa shape index (κ1) is 9.98. The smallest absolute Gasteiger partial charge is 0.335 e. The van der Waals surface area contributed by atoms with Crippen LogP contribution in [0.1, 0.15) is 22.3 Å². The Morgan fingerprint density at radius 2 is 2.13 bits per heavy atom. The van der Waals surface area contributed by atoms with E-state index in [0.717, 1.165) is 5.56 Å². The number of rotatable bonds is 1. The number of carbonyl (C=O) groups excluding carboxylic acids is 1. The van der Waals surface area contributed by atoms with Crippen molar-refractivity contribution in [2.75, 3.05) is 5.32 Å². The Balaban J connectivity index is 2.52. The van der Waals surface area contributed by atoms with E-state index < -0.39 is 5.97 Å². The van der Waals surface area contributed by atoms with Crippen molar-refractivity contribution in [1.29, 1.82) is 0 Å². The summed E-state index contributed by atoms with van der Waals surface area (Å²) in [5.74, 6) is -1.11. The van der Waals surface area contributed by atoms with Gasteiger partial charge in [-0.25, -0.2) is 4.79 Å². The molecular formula is C10H8ClNO3. The molecule has 78 valence electrons. The van der Waals surface area contributed by atoms with Crippen LogP contribution < -0.4 is 5.32 Å². The second-order valence-corrected chi connectivity index (χ2v) is 3.75. The third kappa shape index (κ3) is 1.80. The van der Waals surface area contributed by atoms with Gasteiger partial charge < -0.3 is 10.4 Å². The first-order valence-electron chi connectivity index (χ1n) is 4.43. The number of benzene rings is 1. The van der Waals surface area contributed by atoms with Crippen LogP contribution in [0.4, 0.5) is 5.69 Å². The van der Waals surface area contributed by atoms with E-state index in [1.807, 2.05) is 0 Å². The largest absolute Gasteiger partial charge is 0.478 e. The van der Waals surface area contributed by atoms with Gasteiger partial charge in [0.1, 0.15) is 0 Å². The van der Waals surface area contributed by atoms with Crippen molar-refractivity contribution >= 4 is 29.2 Å². The molecule has 1 aromatic carbocycles. The zero-order chi connectivity index (χ0) is 11.0. The van der Waals surface area contributed by atoms with Gasteiger partial charge in [0.05, 0.1) is 16.3 Å². The van der Waals surface area contributed by atoms with Crippen molar-refractivity contribution in [2.24, 2.45) is 0 Å². The Kier molecular flexibility index (Phi) is 2.36. The van der Waals surface area contributed by atoms with Gasteiger partial charge >= 0.3 is 5.97 Å². The molecule has 0 fully saturated rings. The van der Waals surface area contributed by atoms with Crippen molar-refractivity contribution in [1.82, 2.24) is 0 Å². The molecule has 0 saturated carbocycles. The molecule has 0 saturated heterocycles. The van der Waals surface area contributed by atoms with E-state index in [-0.39, 0.29) is 16.5 Å². The molecule has 2 N–H and O–H groups in total. The molecule has 1 heterocycles. The number of fused-ring (bicyclic) bond motifs is 1. The maximum Gasteiger partial charge on any atom is 0.335 e. The standard InChI is InChI=1S/C10H8ClNO3/c11-7-4-6(10(14)15)3-5-1-2-8(13)12-9(5)7/h3-4H,1-2H2,(H,12,13)(H,14,15). The van der Waals surface area contributed by atoms with E-state index in [2.05, 4.69) is 5.32 Å². The summed E-state index contributed by atoms with van der Waals surface area (Å²) in [7, 11) is 0. The molecule has 4 nitrogen and oxygen atoms in total. The highest BCUT2D eigenvalue weighted by Gasteiger charge is 2.19. The van der Waals surface area contributed by atoms with Gasteiger partial charge in [0.15, 0.2) is 0 Å². The highest BCUT2D eigenvalue weighted by molar-refractivity contribution is 6.34. The van der Waals surface area contributed by atoms with E-state index >= 15 is 0 Å². The molecule has 1 aliphatic heterocycles. The number of carboxylic acids is 1. The molecule has 0 aromatic heterocycles. The minimum absolute atomic E-state index is 0.0903. The molecule has 0 bridgehead atoms. The minimum atomic E-state index is -1.02. The van der Waals surface area contributed by atoms with E-state index in [1.165, 1.54) is 6.07 Å². The Morgan fingerprint density at radius 3 is 2.80 bits per heavy atom. The first-order chi connectivity index (χ1) is 7.08. The summed E-state index contributed by atoms with van der Waals surface area (Å²) >= 11 is 5.88. The maximum atomic E-state index is 11.1. The van der Waals surface area contributed by atoms with Gasteiger partial charge in [-0.3, -0.25) is 4.79 Å². The molecule has 1 amide bonds. The summed E-state index contributed by atoms with van der Waals surface area (Å²) in [5, 5.41) is 11.7. The van der Waals surface area contributed by atoms with Crippen molar-refractivity contribution in [2.45, 2.75) is 12.8 Å². The molecular weight excluding hydrogens is 218 g/mol. The fourth-order valence-electron chi connectivity index (χ4n) is 1.57. The highest BCUT2D eigenvalue weighted by atomic mass is 35.5. The molecule has 2 rings (SSSR count). The van der Waals surface area contributed by atoms with Crippen LogP contribution in [0.5, 0.6) is 0 Å². The van der Waals surface area contributed by atoms with Crippen LogP contribution in [0.2, 0.25) is 5.02 Å². The first-order valence-corrected chi connectivity index (χ1v) is 4.81. The number of carbonyl (C=O) groups is 2. The number of carboxylic acid groups (broad SMARTS) is 1. The summed E-state index contributed by atoms with van der Waals surface area (Å²) in [6, 6.07) is 2.89. The van der Waals surface area contributed by atoms with Crippen LogP contribution in [0, 0.1) is 0 Å². The van der Waals surface area contributed by atoms with Gasteiger partial charge in [0, 0.05) is 6.42 Å². The Hall–Kier alpha value is -1.55. The number of amides is 1. The summed E-state index contributed by atoms with van der Waals surface area (Å²) < 4.78 is 0. The number of halogens is 1. The van der Waals surface area contributed by atoms with Crippen LogP contribution in [-0.2, 0) is 11.2 Å². The van der Waals surface area contributed by atoms with Gasteiger partial charge in [0.2, 0.25) is 5.91 Å². The zero-order valence-corrected chi connectivity index (χ0v) is 8.47. The summed E-state index contributed by atoms with van der Waals surface area (Å²) in [5.41, 5.74) is 1.47. The van der Waals surface area contributed by atoms with E-state index in [1.54, 1.807) is 6.07 Å². The average molecular weight is 226 g/mol. The number of anilines is 1. The molecule has 0 spiro atoms. The Labute approximate surface area is 90.9 Å². The van der Waals surface area contributed by atoms with Gasteiger partial charge in [0.25, 0.3) is 0 Å².